The van der Waals surface area contributed by atoms with E-state index in [1.54, 1.807) is 0 Å². The molecule has 0 spiro atoms. The lowest BCUT2D eigenvalue weighted by atomic mass is 10.3. The molecule has 0 radical (unpaired) electrons. The molecule has 1 aliphatic rings. The summed E-state index contributed by atoms with van der Waals surface area (Å²) < 4.78 is 11.9. The highest BCUT2D eigenvalue weighted by Gasteiger charge is 2.17. The Kier molecular flexibility index (Phi) is 3.65. The Balaban J connectivity index is 1.77. The van der Waals surface area contributed by atoms with Crippen molar-refractivity contribution < 1.29 is 9.47 Å². The minimum atomic E-state index is 0.237. The summed E-state index contributed by atoms with van der Waals surface area (Å²) in [6.07, 6.45) is 1.28. The minimum Gasteiger partial charge on any atom is -0.485 e. The summed E-state index contributed by atoms with van der Waals surface area (Å²) in [5, 5.41) is 3.30. The van der Waals surface area contributed by atoms with Gasteiger partial charge in [-0.05, 0) is 37.2 Å². The summed E-state index contributed by atoms with van der Waals surface area (Å²) in [7, 11) is 0. The average Bonchev–Trinajstić information content (AvgIpc) is 2.95. The van der Waals surface area contributed by atoms with E-state index in [2.05, 4.69) is 5.32 Å². The molecule has 2 aromatic carbocycles. The van der Waals surface area contributed by atoms with Crippen molar-refractivity contribution in [1.29, 1.82) is 0 Å². The van der Waals surface area contributed by atoms with Crippen LogP contribution in [-0.4, -0.2) is 19.2 Å². The van der Waals surface area contributed by atoms with Crippen molar-refractivity contribution in [2.45, 2.75) is 12.5 Å². The molecule has 1 unspecified atom stereocenters. The van der Waals surface area contributed by atoms with Crippen LogP contribution in [0.15, 0.2) is 54.6 Å². The zero-order chi connectivity index (χ0) is 12.9. The van der Waals surface area contributed by atoms with E-state index in [-0.39, 0.29) is 6.10 Å². The van der Waals surface area contributed by atoms with Crippen molar-refractivity contribution in [2.75, 3.05) is 13.1 Å². The van der Waals surface area contributed by atoms with Crippen LogP contribution < -0.4 is 14.8 Å². The van der Waals surface area contributed by atoms with Crippen LogP contribution in [0.4, 0.5) is 0 Å². The van der Waals surface area contributed by atoms with Crippen LogP contribution in [0.5, 0.6) is 17.2 Å². The predicted octanol–water partition coefficient (Wildman–Crippen LogP) is 3.22. The van der Waals surface area contributed by atoms with E-state index in [0.717, 1.165) is 36.8 Å². The van der Waals surface area contributed by atoms with E-state index in [0.29, 0.717) is 0 Å². The maximum atomic E-state index is 5.99. The Hall–Kier alpha value is -2.00. The molecule has 19 heavy (non-hydrogen) atoms. The summed E-state index contributed by atoms with van der Waals surface area (Å²) >= 11 is 0. The van der Waals surface area contributed by atoms with Crippen molar-refractivity contribution in [3.8, 4) is 17.2 Å². The van der Waals surface area contributed by atoms with E-state index in [9.17, 15) is 0 Å². The van der Waals surface area contributed by atoms with E-state index in [1.807, 2.05) is 54.6 Å². The zero-order valence-corrected chi connectivity index (χ0v) is 10.7. The highest BCUT2D eigenvalue weighted by atomic mass is 16.5. The summed E-state index contributed by atoms with van der Waals surface area (Å²) in [6.45, 7) is 1.92. The Morgan fingerprint density at radius 2 is 1.63 bits per heavy atom. The number of hydrogen-bond donors (Lipinski definition) is 1. The number of nitrogens with one attached hydrogen (secondary N) is 1. The molecule has 3 rings (SSSR count). The van der Waals surface area contributed by atoms with Gasteiger partial charge in [0.05, 0.1) is 0 Å². The van der Waals surface area contributed by atoms with Gasteiger partial charge in [0, 0.05) is 6.54 Å². The zero-order valence-electron chi connectivity index (χ0n) is 10.7. The van der Waals surface area contributed by atoms with E-state index < -0.39 is 0 Å². The molecule has 1 N–H and O–H groups in total. The molecule has 0 aliphatic carbocycles. The van der Waals surface area contributed by atoms with E-state index >= 15 is 0 Å². The van der Waals surface area contributed by atoms with Crippen molar-refractivity contribution >= 4 is 0 Å². The standard InChI is InChI=1S/C16H17NO2/c1-2-6-13(7-3-1)18-15-8-4-5-9-16(15)19-14-10-11-17-12-14/h1-9,14,17H,10-12H2. The number of para-hydroxylation sites is 3. The van der Waals surface area contributed by atoms with Gasteiger partial charge < -0.3 is 14.8 Å². The van der Waals surface area contributed by atoms with Gasteiger partial charge in [0.2, 0.25) is 0 Å². The average molecular weight is 255 g/mol. The first-order valence-electron chi connectivity index (χ1n) is 6.61. The van der Waals surface area contributed by atoms with Gasteiger partial charge in [0.15, 0.2) is 11.5 Å². The van der Waals surface area contributed by atoms with Gasteiger partial charge in [-0.25, -0.2) is 0 Å². The molecule has 0 bridgehead atoms. The molecule has 3 heteroatoms. The lowest BCUT2D eigenvalue weighted by Gasteiger charge is -2.16. The third-order valence-corrected chi connectivity index (χ3v) is 3.13. The molecule has 1 saturated heterocycles. The summed E-state index contributed by atoms with van der Waals surface area (Å²) in [5.74, 6) is 2.39. The number of hydrogen-bond acceptors (Lipinski definition) is 3. The first-order valence-corrected chi connectivity index (χ1v) is 6.61. The second kappa shape index (κ2) is 5.76. The fourth-order valence-electron chi connectivity index (χ4n) is 2.16. The minimum absolute atomic E-state index is 0.237. The first-order chi connectivity index (χ1) is 9.42. The van der Waals surface area contributed by atoms with Crippen LogP contribution in [0.1, 0.15) is 6.42 Å². The summed E-state index contributed by atoms with van der Waals surface area (Å²) in [6, 6.07) is 17.6. The van der Waals surface area contributed by atoms with Crippen LogP contribution in [0.2, 0.25) is 0 Å². The van der Waals surface area contributed by atoms with Gasteiger partial charge in [0.1, 0.15) is 11.9 Å². The van der Waals surface area contributed by atoms with Gasteiger partial charge in [-0.15, -0.1) is 0 Å². The molecule has 0 aromatic heterocycles. The Morgan fingerprint density at radius 3 is 2.37 bits per heavy atom. The van der Waals surface area contributed by atoms with E-state index in [4.69, 9.17) is 9.47 Å². The van der Waals surface area contributed by atoms with Gasteiger partial charge in [-0.3, -0.25) is 0 Å². The lowest BCUT2D eigenvalue weighted by Crippen LogP contribution is -2.19. The van der Waals surface area contributed by atoms with Crippen LogP contribution in [0, 0.1) is 0 Å². The van der Waals surface area contributed by atoms with E-state index in [1.165, 1.54) is 0 Å². The molecular formula is C16H17NO2. The van der Waals surface area contributed by atoms with Gasteiger partial charge >= 0.3 is 0 Å². The monoisotopic (exact) mass is 255 g/mol. The second-order valence-electron chi connectivity index (χ2n) is 4.59. The molecule has 0 amide bonds. The van der Waals surface area contributed by atoms with Crippen LogP contribution >= 0.6 is 0 Å². The molecule has 98 valence electrons. The van der Waals surface area contributed by atoms with Crippen LogP contribution in [0.25, 0.3) is 0 Å². The van der Waals surface area contributed by atoms with Crippen LogP contribution in [-0.2, 0) is 0 Å². The normalized spacial score (nSPS) is 18.2. The highest BCUT2D eigenvalue weighted by molar-refractivity contribution is 5.42. The molecule has 1 aliphatic heterocycles. The third-order valence-electron chi connectivity index (χ3n) is 3.13. The van der Waals surface area contributed by atoms with Gasteiger partial charge in [0.25, 0.3) is 0 Å². The van der Waals surface area contributed by atoms with Gasteiger partial charge in [-0.1, -0.05) is 30.3 Å². The Bertz CT molecular complexity index is 521. The van der Waals surface area contributed by atoms with Crippen LogP contribution in [0.3, 0.4) is 0 Å². The van der Waals surface area contributed by atoms with Crippen molar-refractivity contribution in [1.82, 2.24) is 5.32 Å². The maximum Gasteiger partial charge on any atom is 0.169 e. The second-order valence-corrected chi connectivity index (χ2v) is 4.59. The maximum absolute atomic E-state index is 5.99. The molecule has 3 nitrogen and oxygen atoms in total. The first kappa shape index (κ1) is 12.1. The quantitative estimate of drug-likeness (QED) is 0.910. The highest BCUT2D eigenvalue weighted by Crippen LogP contribution is 2.32. The summed E-state index contributed by atoms with van der Waals surface area (Å²) in [4.78, 5) is 0. The smallest absolute Gasteiger partial charge is 0.169 e. The fraction of sp³-hybridized carbons (Fsp3) is 0.250. The molecule has 2 aromatic rings. The number of ether oxygens (including phenoxy) is 2. The number of benzene rings is 2. The molecular weight excluding hydrogens is 238 g/mol. The third kappa shape index (κ3) is 3.06. The van der Waals surface area contributed by atoms with Crippen molar-refractivity contribution in [3.05, 3.63) is 54.6 Å². The largest absolute Gasteiger partial charge is 0.485 e. The summed E-state index contributed by atoms with van der Waals surface area (Å²) in [5.41, 5.74) is 0. The van der Waals surface area contributed by atoms with Crippen molar-refractivity contribution in [3.63, 3.8) is 0 Å². The molecule has 1 heterocycles. The Labute approximate surface area is 113 Å². The molecule has 0 saturated carbocycles. The predicted molar refractivity (Wildman–Crippen MR) is 74.9 cm³/mol. The SMILES string of the molecule is c1ccc(Oc2ccccc2OC2CCNC2)cc1. The van der Waals surface area contributed by atoms with Gasteiger partial charge in [-0.2, -0.15) is 0 Å². The fourth-order valence-corrected chi connectivity index (χ4v) is 2.16. The lowest BCUT2D eigenvalue weighted by molar-refractivity contribution is 0.215. The molecule has 1 fully saturated rings. The Morgan fingerprint density at radius 1 is 0.895 bits per heavy atom. The topological polar surface area (TPSA) is 30.5 Å². The van der Waals surface area contributed by atoms with Crippen molar-refractivity contribution in [2.24, 2.45) is 0 Å². The molecule has 1 atom stereocenters. The number of rotatable bonds is 4.